The zero-order chi connectivity index (χ0) is 10.8. The van der Waals surface area contributed by atoms with Crippen LogP contribution in [0.1, 0.15) is 0 Å². The third-order valence-corrected chi connectivity index (χ3v) is 2.51. The second-order valence-corrected chi connectivity index (χ2v) is 3.53. The van der Waals surface area contributed by atoms with Gasteiger partial charge in [0.15, 0.2) is 0 Å². The Kier molecular flexibility index (Phi) is 2.64. The molecule has 0 aliphatic carbocycles. The Hall–Kier alpha value is -1.48. The molecule has 0 aliphatic rings. The van der Waals surface area contributed by atoms with Crippen LogP contribution in [0.3, 0.4) is 0 Å². The molecule has 0 fully saturated rings. The Balaban J connectivity index is 2.66. The van der Waals surface area contributed by atoms with E-state index < -0.39 is 0 Å². The van der Waals surface area contributed by atoms with Crippen molar-refractivity contribution < 1.29 is 4.74 Å². The molecule has 78 valence electrons. The van der Waals surface area contributed by atoms with E-state index in [2.05, 4.69) is 10.3 Å². The number of anilines is 1. The highest BCUT2D eigenvalue weighted by Gasteiger charge is 2.04. The lowest BCUT2D eigenvalue weighted by Gasteiger charge is -2.06. The van der Waals surface area contributed by atoms with Crippen LogP contribution in [0, 0.1) is 0 Å². The minimum absolute atomic E-state index is 0.601. The quantitative estimate of drug-likeness (QED) is 0.849. The van der Waals surface area contributed by atoms with Crippen LogP contribution in [0.2, 0.25) is 5.02 Å². The van der Waals surface area contributed by atoms with Gasteiger partial charge < -0.3 is 10.1 Å². The van der Waals surface area contributed by atoms with Gasteiger partial charge in [0.1, 0.15) is 11.6 Å². The predicted molar refractivity (Wildman–Crippen MR) is 62.9 cm³/mol. The van der Waals surface area contributed by atoms with Crippen molar-refractivity contribution in [3.8, 4) is 5.75 Å². The monoisotopic (exact) mass is 222 g/mol. The molecule has 1 N–H and O–H groups in total. The molecule has 15 heavy (non-hydrogen) atoms. The Morgan fingerprint density at radius 3 is 2.80 bits per heavy atom. The number of hydrogen-bond acceptors (Lipinski definition) is 3. The topological polar surface area (TPSA) is 34.1 Å². The standard InChI is InChI=1S/C11H11ClN2O/c1-13-11-4-3-7-5-8(12)10(15-2)6-9(7)14-11/h3-6H,1-2H3,(H,13,14). The van der Waals surface area contributed by atoms with E-state index in [0.717, 1.165) is 16.7 Å². The third-order valence-electron chi connectivity index (χ3n) is 2.22. The van der Waals surface area contributed by atoms with Gasteiger partial charge in [-0.2, -0.15) is 0 Å². The van der Waals surface area contributed by atoms with Gasteiger partial charge in [-0.25, -0.2) is 4.98 Å². The highest BCUT2D eigenvalue weighted by Crippen LogP contribution is 2.29. The Bertz CT molecular complexity index is 499. The number of hydrogen-bond donors (Lipinski definition) is 1. The fraction of sp³-hybridized carbons (Fsp3) is 0.182. The maximum Gasteiger partial charge on any atom is 0.139 e. The highest BCUT2D eigenvalue weighted by molar-refractivity contribution is 6.32. The minimum atomic E-state index is 0.601. The molecule has 0 unspecified atom stereocenters. The van der Waals surface area contributed by atoms with Crippen molar-refractivity contribution in [1.29, 1.82) is 0 Å². The summed E-state index contributed by atoms with van der Waals surface area (Å²) in [7, 11) is 3.43. The molecule has 2 rings (SSSR count). The van der Waals surface area contributed by atoms with Crippen molar-refractivity contribution in [2.75, 3.05) is 19.5 Å². The first-order valence-electron chi connectivity index (χ1n) is 4.56. The number of halogens is 1. The molecule has 2 aromatic rings. The van der Waals surface area contributed by atoms with E-state index in [1.54, 1.807) is 7.11 Å². The Labute approximate surface area is 93.0 Å². The molecule has 0 saturated heterocycles. The van der Waals surface area contributed by atoms with Gasteiger partial charge in [-0.05, 0) is 18.2 Å². The molecule has 0 aliphatic heterocycles. The number of ether oxygens (including phenoxy) is 1. The van der Waals surface area contributed by atoms with E-state index in [1.165, 1.54) is 0 Å². The zero-order valence-corrected chi connectivity index (χ0v) is 9.30. The van der Waals surface area contributed by atoms with E-state index in [4.69, 9.17) is 16.3 Å². The second kappa shape index (κ2) is 3.95. The first-order valence-corrected chi connectivity index (χ1v) is 4.94. The zero-order valence-electron chi connectivity index (χ0n) is 8.54. The summed E-state index contributed by atoms with van der Waals surface area (Å²) in [5.74, 6) is 1.47. The molecule has 0 atom stereocenters. The average Bonchev–Trinajstić information content (AvgIpc) is 2.27. The van der Waals surface area contributed by atoms with Gasteiger partial charge in [0.25, 0.3) is 0 Å². The van der Waals surface area contributed by atoms with Crippen LogP contribution in [0.4, 0.5) is 5.82 Å². The maximum absolute atomic E-state index is 6.01. The molecule has 1 aromatic carbocycles. The van der Waals surface area contributed by atoms with Crippen LogP contribution >= 0.6 is 11.6 Å². The molecular formula is C11H11ClN2O. The SMILES string of the molecule is CNc1ccc2cc(Cl)c(OC)cc2n1. The number of fused-ring (bicyclic) bond motifs is 1. The Morgan fingerprint density at radius 2 is 2.13 bits per heavy atom. The molecule has 0 radical (unpaired) electrons. The number of rotatable bonds is 2. The Morgan fingerprint density at radius 1 is 1.33 bits per heavy atom. The van der Waals surface area contributed by atoms with Gasteiger partial charge in [0.2, 0.25) is 0 Å². The molecule has 1 aromatic heterocycles. The smallest absolute Gasteiger partial charge is 0.139 e. The normalized spacial score (nSPS) is 10.3. The van der Waals surface area contributed by atoms with Crippen molar-refractivity contribution >= 4 is 28.3 Å². The van der Waals surface area contributed by atoms with Crippen LogP contribution in [-0.4, -0.2) is 19.1 Å². The number of aromatic nitrogens is 1. The van der Waals surface area contributed by atoms with Crippen LogP contribution in [-0.2, 0) is 0 Å². The summed E-state index contributed by atoms with van der Waals surface area (Å²) >= 11 is 6.01. The van der Waals surface area contributed by atoms with Crippen LogP contribution in [0.15, 0.2) is 24.3 Å². The van der Waals surface area contributed by atoms with Gasteiger partial charge in [0, 0.05) is 18.5 Å². The summed E-state index contributed by atoms with van der Waals surface area (Å²) in [4.78, 5) is 4.39. The van der Waals surface area contributed by atoms with Crippen LogP contribution < -0.4 is 10.1 Å². The lowest BCUT2D eigenvalue weighted by atomic mass is 10.2. The molecule has 1 heterocycles. The fourth-order valence-corrected chi connectivity index (χ4v) is 1.67. The number of pyridine rings is 1. The first-order chi connectivity index (χ1) is 7.24. The lowest BCUT2D eigenvalue weighted by Crippen LogP contribution is -1.92. The molecule has 0 amide bonds. The van der Waals surface area contributed by atoms with Crippen molar-refractivity contribution in [3.63, 3.8) is 0 Å². The summed E-state index contributed by atoms with van der Waals surface area (Å²) in [5, 5.41) is 4.59. The number of nitrogens with zero attached hydrogens (tertiary/aromatic N) is 1. The largest absolute Gasteiger partial charge is 0.495 e. The van der Waals surface area contributed by atoms with E-state index in [9.17, 15) is 0 Å². The van der Waals surface area contributed by atoms with Crippen molar-refractivity contribution in [1.82, 2.24) is 4.98 Å². The van der Waals surface area contributed by atoms with Gasteiger partial charge in [0.05, 0.1) is 17.6 Å². The van der Waals surface area contributed by atoms with Crippen molar-refractivity contribution in [2.45, 2.75) is 0 Å². The first kappa shape index (κ1) is 10.1. The summed E-state index contributed by atoms with van der Waals surface area (Å²) in [5.41, 5.74) is 0.864. The van der Waals surface area contributed by atoms with Gasteiger partial charge in [-0.3, -0.25) is 0 Å². The second-order valence-electron chi connectivity index (χ2n) is 3.13. The van der Waals surface area contributed by atoms with E-state index in [1.807, 2.05) is 31.3 Å². The number of benzene rings is 1. The molecule has 3 nitrogen and oxygen atoms in total. The van der Waals surface area contributed by atoms with Gasteiger partial charge in [-0.15, -0.1) is 0 Å². The van der Waals surface area contributed by atoms with Crippen molar-refractivity contribution in [2.24, 2.45) is 0 Å². The maximum atomic E-state index is 6.01. The van der Waals surface area contributed by atoms with Gasteiger partial charge in [-0.1, -0.05) is 11.6 Å². The summed E-state index contributed by atoms with van der Waals surface area (Å²) < 4.78 is 5.13. The fourth-order valence-electron chi connectivity index (χ4n) is 1.42. The van der Waals surface area contributed by atoms with Crippen LogP contribution in [0.5, 0.6) is 5.75 Å². The van der Waals surface area contributed by atoms with E-state index in [0.29, 0.717) is 10.8 Å². The van der Waals surface area contributed by atoms with E-state index >= 15 is 0 Å². The summed E-state index contributed by atoms with van der Waals surface area (Å²) in [6.45, 7) is 0. The lowest BCUT2D eigenvalue weighted by molar-refractivity contribution is 0.415. The molecule has 4 heteroatoms. The number of methoxy groups -OCH3 is 1. The molecule has 0 saturated carbocycles. The minimum Gasteiger partial charge on any atom is -0.495 e. The van der Waals surface area contributed by atoms with Gasteiger partial charge >= 0.3 is 0 Å². The third kappa shape index (κ3) is 1.83. The molecular weight excluding hydrogens is 212 g/mol. The molecule has 0 bridgehead atoms. The van der Waals surface area contributed by atoms with E-state index in [-0.39, 0.29) is 0 Å². The predicted octanol–water partition coefficient (Wildman–Crippen LogP) is 2.94. The average molecular weight is 223 g/mol. The summed E-state index contributed by atoms with van der Waals surface area (Å²) in [6, 6.07) is 7.56. The molecule has 0 spiro atoms. The van der Waals surface area contributed by atoms with Crippen molar-refractivity contribution in [3.05, 3.63) is 29.3 Å². The number of nitrogens with one attached hydrogen (secondary N) is 1. The highest BCUT2D eigenvalue weighted by atomic mass is 35.5. The van der Waals surface area contributed by atoms with Crippen LogP contribution in [0.25, 0.3) is 10.9 Å². The summed E-state index contributed by atoms with van der Waals surface area (Å²) in [6.07, 6.45) is 0.